The van der Waals surface area contributed by atoms with E-state index in [1.54, 1.807) is 6.07 Å². The summed E-state index contributed by atoms with van der Waals surface area (Å²) in [4.78, 5) is 38.1. The number of aromatic hydroxyl groups is 1. The minimum absolute atomic E-state index is 0.00279. The van der Waals surface area contributed by atoms with E-state index in [1.165, 1.54) is 13.0 Å². The first-order chi connectivity index (χ1) is 27.0. The molecule has 8 nitrogen and oxygen atoms in total. The molecule has 4 N–H and O–H groups in total. The second-order valence-corrected chi connectivity index (χ2v) is 14.7. The summed E-state index contributed by atoms with van der Waals surface area (Å²) < 4.78 is 224. The first-order valence-electron chi connectivity index (χ1n) is 17.4. The molecule has 2 rings (SSSR count). The van der Waals surface area contributed by atoms with Gasteiger partial charge in [-0.05, 0) is 47.8 Å². The summed E-state index contributed by atoms with van der Waals surface area (Å²) in [5, 5.41) is 13.7. The lowest BCUT2D eigenvalue weighted by molar-refractivity contribution is -0.326. The number of alkyl halides is 16. The van der Waals surface area contributed by atoms with Crippen molar-refractivity contribution in [2.75, 3.05) is 16.0 Å². The Morgan fingerprint density at radius 2 is 1.03 bits per heavy atom. The Morgan fingerprint density at radius 1 is 0.617 bits per heavy atom. The average molecular weight is 898 g/mol. The molecule has 0 radical (unpaired) electrons. The standard InChI is InChI=1S/C36H39F16N3O5/c1-8-22(60-23-12-11-16(29(4,5)9-2)13-17(23)30(6,7)10-3)24(57)53-19-15-21(56)20(55-28(59)34(47,48)36(51,52)32(43,44)26(39)40)14-18(19)54-27(58)33(45,46)35(49,50)31(41,42)25(37)38/h11-15,22,25-26,56H,8-10H2,1-7H3,(H,53,57)(H,54,58)(H,55,59). The number of anilines is 3. The predicted molar refractivity (Wildman–Crippen MR) is 183 cm³/mol. The highest BCUT2D eigenvalue weighted by Crippen LogP contribution is 2.51. The van der Waals surface area contributed by atoms with Gasteiger partial charge in [-0.1, -0.05) is 60.6 Å². The molecule has 0 saturated carbocycles. The van der Waals surface area contributed by atoms with Gasteiger partial charge >= 0.3 is 60.2 Å². The van der Waals surface area contributed by atoms with Crippen molar-refractivity contribution in [1.29, 1.82) is 0 Å². The summed E-state index contributed by atoms with van der Waals surface area (Å²) in [5.41, 5.74) is -4.34. The topological polar surface area (TPSA) is 117 Å². The number of hydrogen-bond donors (Lipinski definition) is 4. The van der Waals surface area contributed by atoms with Gasteiger partial charge in [0.05, 0.1) is 17.1 Å². The maximum absolute atomic E-state index is 14.6. The largest absolute Gasteiger partial charge is 0.506 e. The summed E-state index contributed by atoms with van der Waals surface area (Å²) in [7, 11) is 0. The maximum Gasteiger partial charge on any atom is 0.393 e. The van der Waals surface area contributed by atoms with E-state index < -0.39 is 100 Å². The molecule has 0 bridgehead atoms. The molecular formula is C36H39F16N3O5. The molecule has 0 saturated heterocycles. The van der Waals surface area contributed by atoms with Crippen molar-refractivity contribution in [3.63, 3.8) is 0 Å². The van der Waals surface area contributed by atoms with Crippen molar-refractivity contribution < 1.29 is 94.5 Å². The molecule has 0 heterocycles. The molecule has 0 aliphatic carbocycles. The third kappa shape index (κ3) is 9.45. The van der Waals surface area contributed by atoms with Gasteiger partial charge in [-0.25, -0.2) is 17.6 Å². The molecule has 0 aliphatic rings. The highest BCUT2D eigenvalue weighted by Gasteiger charge is 2.79. The van der Waals surface area contributed by atoms with Crippen molar-refractivity contribution in [2.45, 2.75) is 133 Å². The van der Waals surface area contributed by atoms with E-state index in [4.69, 9.17) is 4.74 Å². The molecule has 60 heavy (non-hydrogen) atoms. The van der Waals surface area contributed by atoms with E-state index in [2.05, 4.69) is 0 Å². The van der Waals surface area contributed by atoms with Gasteiger partial charge < -0.3 is 25.8 Å². The van der Waals surface area contributed by atoms with Crippen LogP contribution >= 0.6 is 0 Å². The van der Waals surface area contributed by atoms with Crippen LogP contribution in [0, 0.1) is 0 Å². The summed E-state index contributed by atoms with van der Waals surface area (Å²) in [6, 6.07) is 4.72. The normalized spacial score (nSPS) is 14.3. The lowest BCUT2D eigenvalue weighted by Crippen LogP contribution is -2.62. The van der Waals surface area contributed by atoms with Crippen LogP contribution in [-0.2, 0) is 25.2 Å². The second kappa shape index (κ2) is 17.4. The van der Waals surface area contributed by atoms with E-state index in [0.29, 0.717) is 23.7 Å². The Hall–Kier alpha value is -4.67. The van der Waals surface area contributed by atoms with Crippen LogP contribution in [0.25, 0.3) is 0 Å². The van der Waals surface area contributed by atoms with Gasteiger partial charge in [-0.15, -0.1) is 0 Å². The number of phenolic OH excluding ortho intramolecular Hbond substituents is 1. The lowest BCUT2D eigenvalue weighted by Gasteiger charge is -2.32. The number of ether oxygens (including phenoxy) is 1. The molecule has 24 heteroatoms. The van der Waals surface area contributed by atoms with Crippen LogP contribution in [0.2, 0.25) is 0 Å². The maximum atomic E-state index is 14.6. The van der Waals surface area contributed by atoms with Crippen molar-refractivity contribution in [3.8, 4) is 11.5 Å². The summed E-state index contributed by atoms with van der Waals surface area (Å²) in [6.07, 6.45) is -11.7. The number of benzene rings is 2. The number of nitrogens with one attached hydrogen (secondary N) is 3. The van der Waals surface area contributed by atoms with Gasteiger partial charge in [0.1, 0.15) is 11.5 Å². The molecule has 0 aliphatic heterocycles. The Morgan fingerprint density at radius 3 is 1.43 bits per heavy atom. The highest BCUT2D eigenvalue weighted by molar-refractivity contribution is 6.06. The zero-order valence-corrected chi connectivity index (χ0v) is 32.4. The Bertz CT molecular complexity index is 1900. The van der Waals surface area contributed by atoms with Gasteiger partial charge in [0, 0.05) is 11.6 Å². The molecule has 0 fully saturated rings. The fourth-order valence-corrected chi connectivity index (χ4v) is 4.94. The number of amides is 3. The van der Waals surface area contributed by atoms with Crippen molar-refractivity contribution in [3.05, 3.63) is 41.5 Å². The quantitative estimate of drug-likeness (QED) is 0.0637. The van der Waals surface area contributed by atoms with Crippen LogP contribution in [0.1, 0.15) is 78.9 Å². The first-order valence-corrected chi connectivity index (χ1v) is 17.4. The predicted octanol–water partition coefficient (Wildman–Crippen LogP) is 10.8. The van der Waals surface area contributed by atoms with Gasteiger partial charge in [0.25, 0.3) is 5.91 Å². The SMILES string of the molecule is CCC(Oc1ccc(C(C)(C)CC)cc1C(C)(C)CC)C(=O)Nc1cc(O)c(NC(=O)C(F)(F)C(F)(F)C(F)(F)C(F)F)cc1NC(=O)C(F)(F)C(F)(F)C(F)(F)C(F)F. The monoisotopic (exact) mass is 897 g/mol. The number of phenols is 1. The van der Waals surface area contributed by atoms with Crippen molar-refractivity contribution in [1.82, 2.24) is 0 Å². The molecule has 3 amide bonds. The Labute approximate surface area is 331 Å². The Balaban J connectivity index is 2.76. The summed E-state index contributed by atoms with van der Waals surface area (Å²) in [6.45, 7) is 12.7. The van der Waals surface area contributed by atoms with E-state index in [1.807, 2.05) is 52.9 Å². The minimum Gasteiger partial charge on any atom is -0.506 e. The van der Waals surface area contributed by atoms with E-state index in [-0.39, 0.29) is 29.7 Å². The molecule has 1 unspecified atom stereocenters. The van der Waals surface area contributed by atoms with Gasteiger partial charge in [-0.3, -0.25) is 14.4 Å². The number of carbonyl (C=O) groups is 3. The fourth-order valence-electron chi connectivity index (χ4n) is 4.94. The number of rotatable bonds is 19. The van der Waals surface area contributed by atoms with Crippen LogP contribution in [0.15, 0.2) is 30.3 Å². The van der Waals surface area contributed by atoms with Crippen LogP contribution in [0.5, 0.6) is 11.5 Å². The minimum atomic E-state index is -7.22. The summed E-state index contributed by atoms with van der Waals surface area (Å²) >= 11 is 0. The molecule has 2 aromatic carbocycles. The Kier molecular flexibility index (Phi) is 14.9. The lowest BCUT2D eigenvalue weighted by atomic mass is 9.76. The molecule has 1 atom stereocenters. The molecule has 340 valence electrons. The number of carbonyl (C=O) groups excluding carboxylic acids is 3. The average Bonchev–Trinajstić information content (AvgIpc) is 3.14. The van der Waals surface area contributed by atoms with Crippen LogP contribution in [-0.4, -0.2) is 77.3 Å². The highest BCUT2D eigenvalue weighted by atomic mass is 19.4. The third-order valence-electron chi connectivity index (χ3n) is 9.82. The van der Waals surface area contributed by atoms with E-state index in [9.17, 15) is 89.7 Å². The van der Waals surface area contributed by atoms with Crippen molar-refractivity contribution >= 4 is 34.8 Å². The van der Waals surface area contributed by atoms with Gasteiger partial charge in [0.15, 0.2) is 6.10 Å². The zero-order chi connectivity index (χ0) is 47.0. The number of hydrogen-bond acceptors (Lipinski definition) is 5. The van der Waals surface area contributed by atoms with Gasteiger partial charge in [0.2, 0.25) is 0 Å². The van der Waals surface area contributed by atoms with Crippen LogP contribution in [0.4, 0.5) is 87.3 Å². The molecular weight excluding hydrogens is 858 g/mol. The van der Waals surface area contributed by atoms with E-state index >= 15 is 0 Å². The van der Waals surface area contributed by atoms with E-state index in [0.717, 1.165) is 10.9 Å². The second-order valence-electron chi connectivity index (χ2n) is 14.7. The first kappa shape index (κ1) is 51.5. The number of halogens is 16. The third-order valence-corrected chi connectivity index (χ3v) is 9.82. The van der Waals surface area contributed by atoms with Crippen LogP contribution in [0.3, 0.4) is 0 Å². The van der Waals surface area contributed by atoms with Gasteiger partial charge in [-0.2, -0.15) is 52.7 Å². The smallest absolute Gasteiger partial charge is 0.393 e. The summed E-state index contributed by atoms with van der Waals surface area (Å²) in [5.74, 6) is -52.1. The fraction of sp³-hybridized carbons (Fsp3) is 0.583. The molecule has 0 spiro atoms. The van der Waals surface area contributed by atoms with Crippen LogP contribution < -0.4 is 20.7 Å². The molecule has 2 aromatic rings. The zero-order valence-electron chi connectivity index (χ0n) is 32.4. The van der Waals surface area contributed by atoms with Crippen molar-refractivity contribution in [2.24, 2.45) is 0 Å². The molecule has 0 aromatic heterocycles.